The van der Waals surface area contributed by atoms with Gasteiger partial charge in [0.1, 0.15) is 0 Å². The van der Waals surface area contributed by atoms with E-state index in [1.165, 1.54) is 56.9 Å². The standard InChI is InChI=1S/C19H35N/c1-5-9-11-17(7-3)15-19(13-14-20)16-18(8-4)12-10-6-2/h13,17-18H,5-12,15-16H2,1-4H3. The average molecular weight is 277 g/mol. The van der Waals surface area contributed by atoms with Crippen LogP contribution >= 0.6 is 0 Å². The summed E-state index contributed by atoms with van der Waals surface area (Å²) in [6, 6.07) is 2.28. The summed E-state index contributed by atoms with van der Waals surface area (Å²) in [4.78, 5) is 0. The van der Waals surface area contributed by atoms with Crippen molar-refractivity contribution < 1.29 is 0 Å². The third-order valence-electron chi connectivity index (χ3n) is 4.46. The average Bonchev–Trinajstić information content (AvgIpc) is 2.47. The van der Waals surface area contributed by atoms with Crippen molar-refractivity contribution in [2.24, 2.45) is 11.8 Å². The molecule has 0 radical (unpaired) electrons. The highest BCUT2D eigenvalue weighted by Gasteiger charge is 2.13. The highest BCUT2D eigenvalue weighted by Crippen LogP contribution is 2.28. The van der Waals surface area contributed by atoms with Gasteiger partial charge in [-0.25, -0.2) is 0 Å². The molecular weight excluding hydrogens is 242 g/mol. The lowest BCUT2D eigenvalue weighted by Crippen LogP contribution is -2.06. The SMILES string of the molecule is CCCCC(CC)CC(=CC#N)CC(CC)CCCC. The summed E-state index contributed by atoms with van der Waals surface area (Å²) >= 11 is 0. The van der Waals surface area contributed by atoms with Gasteiger partial charge in [-0.3, -0.25) is 0 Å². The summed E-state index contributed by atoms with van der Waals surface area (Å²) in [5.74, 6) is 1.55. The van der Waals surface area contributed by atoms with E-state index in [4.69, 9.17) is 5.26 Å². The Morgan fingerprint density at radius 1 is 0.900 bits per heavy atom. The van der Waals surface area contributed by atoms with Gasteiger partial charge >= 0.3 is 0 Å². The second-order valence-electron chi connectivity index (χ2n) is 6.17. The third kappa shape index (κ3) is 9.18. The van der Waals surface area contributed by atoms with E-state index in [1.54, 1.807) is 0 Å². The van der Waals surface area contributed by atoms with E-state index < -0.39 is 0 Å². The van der Waals surface area contributed by atoms with Crippen LogP contribution in [0.2, 0.25) is 0 Å². The molecule has 0 saturated carbocycles. The van der Waals surface area contributed by atoms with Crippen LogP contribution in [0.3, 0.4) is 0 Å². The van der Waals surface area contributed by atoms with E-state index in [9.17, 15) is 0 Å². The Morgan fingerprint density at radius 2 is 1.35 bits per heavy atom. The number of rotatable bonds is 12. The van der Waals surface area contributed by atoms with E-state index in [1.807, 2.05) is 6.08 Å². The number of unbranched alkanes of at least 4 members (excludes halogenated alkanes) is 2. The zero-order valence-electron chi connectivity index (χ0n) is 14.3. The van der Waals surface area contributed by atoms with Crippen LogP contribution in [0.1, 0.15) is 91.9 Å². The lowest BCUT2D eigenvalue weighted by Gasteiger charge is -2.20. The second kappa shape index (κ2) is 13.2. The number of hydrogen-bond donors (Lipinski definition) is 0. The minimum absolute atomic E-state index is 0.776. The molecule has 0 aromatic rings. The van der Waals surface area contributed by atoms with Crippen molar-refractivity contribution in [1.82, 2.24) is 0 Å². The number of nitrogens with zero attached hydrogens (tertiary/aromatic N) is 1. The maximum Gasteiger partial charge on any atom is 0.0911 e. The van der Waals surface area contributed by atoms with Crippen molar-refractivity contribution >= 4 is 0 Å². The molecule has 0 fully saturated rings. The Hall–Kier alpha value is -0.770. The van der Waals surface area contributed by atoms with E-state index in [-0.39, 0.29) is 0 Å². The summed E-state index contributed by atoms with van der Waals surface area (Å²) in [6.07, 6.45) is 14.5. The van der Waals surface area contributed by atoms with Gasteiger partial charge in [-0.15, -0.1) is 0 Å². The van der Waals surface area contributed by atoms with Gasteiger partial charge in [0.2, 0.25) is 0 Å². The molecule has 1 heteroatoms. The number of allylic oxidation sites excluding steroid dienone is 2. The zero-order valence-corrected chi connectivity index (χ0v) is 14.3. The Morgan fingerprint density at radius 3 is 1.65 bits per heavy atom. The molecule has 0 aromatic carbocycles. The minimum atomic E-state index is 0.776. The van der Waals surface area contributed by atoms with Crippen LogP contribution in [0.5, 0.6) is 0 Å². The van der Waals surface area contributed by atoms with Gasteiger partial charge in [0.25, 0.3) is 0 Å². The summed E-state index contributed by atoms with van der Waals surface area (Å²) in [5, 5.41) is 9.03. The van der Waals surface area contributed by atoms with E-state index >= 15 is 0 Å². The zero-order chi connectivity index (χ0) is 15.2. The van der Waals surface area contributed by atoms with E-state index in [2.05, 4.69) is 33.8 Å². The molecule has 0 amide bonds. The highest BCUT2D eigenvalue weighted by molar-refractivity contribution is 5.14. The van der Waals surface area contributed by atoms with Crippen molar-refractivity contribution in [3.05, 3.63) is 11.6 Å². The quantitative estimate of drug-likeness (QED) is 0.366. The largest absolute Gasteiger partial charge is 0.193 e. The Bertz CT molecular complexity index is 265. The van der Waals surface area contributed by atoms with Crippen LogP contribution in [-0.4, -0.2) is 0 Å². The molecule has 0 aromatic heterocycles. The molecule has 0 heterocycles. The second-order valence-corrected chi connectivity index (χ2v) is 6.17. The molecule has 0 spiro atoms. The molecule has 20 heavy (non-hydrogen) atoms. The van der Waals surface area contributed by atoms with Crippen LogP contribution in [0.25, 0.3) is 0 Å². The van der Waals surface area contributed by atoms with Crippen molar-refractivity contribution in [3.8, 4) is 6.07 Å². The molecule has 0 aliphatic carbocycles. The maximum absolute atomic E-state index is 9.03. The van der Waals surface area contributed by atoms with Gasteiger partial charge in [-0.05, 0) is 24.7 Å². The van der Waals surface area contributed by atoms with Crippen molar-refractivity contribution in [1.29, 1.82) is 5.26 Å². The smallest absolute Gasteiger partial charge is 0.0911 e. The van der Waals surface area contributed by atoms with Crippen molar-refractivity contribution in [2.45, 2.75) is 91.9 Å². The molecule has 0 bridgehead atoms. The van der Waals surface area contributed by atoms with Gasteiger partial charge in [-0.1, -0.05) is 84.6 Å². The monoisotopic (exact) mass is 277 g/mol. The molecule has 1 nitrogen and oxygen atoms in total. The fraction of sp³-hybridized carbons (Fsp3) is 0.842. The Kier molecular flexibility index (Phi) is 12.7. The minimum Gasteiger partial charge on any atom is -0.193 e. The van der Waals surface area contributed by atoms with Gasteiger partial charge in [0.15, 0.2) is 0 Å². The molecule has 0 rings (SSSR count). The summed E-state index contributed by atoms with van der Waals surface area (Å²) in [7, 11) is 0. The van der Waals surface area contributed by atoms with Gasteiger partial charge < -0.3 is 0 Å². The van der Waals surface area contributed by atoms with Crippen LogP contribution < -0.4 is 0 Å². The lowest BCUT2D eigenvalue weighted by atomic mass is 9.85. The molecule has 116 valence electrons. The Balaban J connectivity index is 4.47. The summed E-state index contributed by atoms with van der Waals surface area (Å²) < 4.78 is 0. The van der Waals surface area contributed by atoms with Crippen molar-refractivity contribution in [2.75, 3.05) is 0 Å². The first kappa shape index (κ1) is 19.2. The topological polar surface area (TPSA) is 23.8 Å². The molecule has 0 saturated heterocycles. The van der Waals surface area contributed by atoms with Gasteiger partial charge in [0, 0.05) is 6.08 Å². The van der Waals surface area contributed by atoms with Crippen molar-refractivity contribution in [3.63, 3.8) is 0 Å². The number of nitriles is 1. The fourth-order valence-corrected chi connectivity index (χ4v) is 2.92. The lowest BCUT2D eigenvalue weighted by molar-refractivity contribution is 0.407. The van der Waals surface area contributed by atoms with Crippen LogP contribution in [0.4, 0.5) is 0 Å². The fourth-order valence-electron chi connectivity index (χ4n) is 2.92. The van der Waals surface area contributed by atoms with Gasteiger partial charge in [-0.2, -0.15) is 5.26 Å². The Labute approximate surface area is 127 Å². The third-order valence-corrected chi connectivity index (χ3v) is 4.46. The highest BCUT2D eigenvalue weighted by atomic mass is 14.2. The molecule has 0 aliphatic heterocycles. The number of hydrogen-bond acceptors (Lipinski definition) is 1. The first-order valence-electron chi connectivity index (χ1n) is 8.79. The molecule has 2 unspecified atom stereocenters. The predicted molar refractivity (Wildman–Crippen MR) is 89.5 cm³/mol. The maximum atomic E-state index is 9.03. The van der Waals surface area contributed by atoms with Gasteiger partial charge in [0.05, 0.1) is 6.07 Å². The van der Waals surface area contributed by atoms with Crippen LogP contribution in [0.15, 0.2) is 11.6 Å². The first-order valence-corrected chi connectivity index (χ1v) is 8.79. The van der Waals surface area contributed by atoms with E-state index in [0.717, 1.165) is 24.7 Å². The predicted octanol–water partition coefficient (Wildman–Crippen LogP) is 6.65. The van der Waals surface area contributed by atoms with E-state index in [0.29, 0.717) is 0 Å². The van der Waals surface area contributed by atoms with Crippen LogP contribution in [-0.2, 0) is 0 Å². The summed E-state index contributed by atoms with van der Waals surface area (Å²) in [5.41, 5.74) is 1.40. The molecule has 0 N–H and O–H groups in total. The molecule has 0 aliphatic rings. The van der Waals surface area contributed by atoms with Crippen LogP contribution in [0, 0.1) is 23.2 Å². The normalized spacial score (nSPS) is 13.6. The first-order chi connectivity index (χ1) is 9.71. The summed E-state index contributed by atoms with van der Waals surface area (Å²) in [6.45, 7) is 9.10. The molecule has 2 atom stereocenters. The molecular formula is C19H35N.